The second-order valence-electron chi connectivity index (χ2n) is 5.62. The number of hydrogen-bond donors (Lipinski definition) is 2. The van der Waals surface area contributed by atoms with Gasteiger partial charge in [-0.2, -0.15) is 0 Å². The fourth-order valence-electron chi connectivity index (χ4n) is 2.22. The molecular formula is C18H20N2O5. The molecule has 0 saturated carbocycles. The molecule has 0 fully saturated rings. The van der Waals surface area contributed by atoms with Crippen LogP contribution in [0.1, 0.15) is 40.4 Å². The monoisotopic (exact) mass is 344 g/mol. The third-order valence-electron chi connectivity index (χ3n) is 3.34. The number of hydrogen-bond acceptors (Lipinski definition) is 5. The third-order valence-corrected chi connectivity index (χ3v) is 3.34. The number of benzene rings is 1. The maximum Gasteiger partial charge on any atom is 0.337 e. The fourth-order valence-corrected chi connectivity index (χ4v) is 2.22. The van der Waals surface area contributed by atoms with Crippen LogP contribution in [0.5, 0.6) is 11.5 Å². The number of carboxylic acids is 1. The first-order valence-electron chi connectivity index (χ1n) is 7.68. The van der Waals surface area contributed by atoms with Gasteiger partial charge in [0.2, 0.25) is 0 Å². The van der Waals surface area contributed by atoms with Crippen molar-refractivity contribution < 1.29 is 24.2 Å². The highest BCUT2D eigenvalue weighted by atomic mass is 16.5. The summed E-state index contributed by atoms with van der Waals surface area (Å²) in [5.41, 5.74) is 0.912. The van der Waals surface area contributed by atoms with Crippen LogP contribution in [-0.2, 0) is 0 Å². The van der Waals surface area contributed by atoms with Crippen LogP contribution in [0.4, 0.5) is 5.69 Å². The van der Waals surface area contributed by atoms with E-state index < -0.39 is 11.9 Å². The second-order valence-corrected chi connectivity index (χ2v) is 5.62. The van der Waals surface area contributed by atoms with Crippen molar-refractivity contribution in [2.75, 3.05) is 12.4 Å². The number of ether oxygens (including phenoxy) is 2. The van der Waals surface area contributed by atoms with E-state index in [0.717, 1.165) is 0 Å². The van der Waals surface area contributed by atoms with Gasteiger partial charge in [0, 0.05) is 6.07 Å². The second kappa shape index (κ2) is 7.65. The fraction of sp³-hybridized carbons (Fsp3) is 0.278. The molecule has 0 aliphatic carbocycles. The summed E-state index contributed by atoms with van der Waals surface area (Å²) in [6.45, 7) is 5.37. The first-order chi connectivity index (χ1) is 11.8. The van der Waals surface area contributed by atoms with Gasteiger partial charge >= 0.3 is 5.97 Å². The van der Waals surface area contributed by atoms with Gasteiger partial charge in [-0.3, -0.25) is 4.79 Å². The molecule has 0 aliphatic rings. The zero-order valence-corrected chi connectivity index (χ0v) is 14.5. The van der Waals surface area contributed by atoms with Crippen molar-refractivity contribution in [1.29, 1.82) is 0 Å². The third kappa shape index (κ3) is 4.47. The van der Waals surface area contributed by atoms with Crippen LogP contribution < -0.4 is 14.8 Å². The summed E-state index contributed by atoms with van der Waals surface area (Å²) < 4.78 is 10.9. The van der Waals surface area contributed by atoms with Crippen molar-refractivity contribution >= 4 is 17.6 Å². The summed E-state index contributed by atoms with van der Waals surface area (Å²) in [7, 11) is 1.49. The van der Waals surface area contributed by atoms with Gasteiger partial charge in [-0.05, 0) is 45.0 Å². The van der Waals surface area contributed by atoms with Gasteiger partial charge in [-0.25, -0.2) is 9.78 Å². The predicted octanol–water partition coefficient (Wildman–Crippen LogP) is 3.14. The summed E-state index contributed by atoms with van der Waals surface area (Å²) >= 11 is 0. The van der Waals surface area contributed by atoms with Crippen molar-refractivity contribution in [2.45, 2.75) is 26.9 Å². The number of pyridine rings is 1. The van der Waals surface area contributed by atoms with Crippen LogP contribution in [0.3, 0.4) is 0 Å². The van der Waals surface area contributed by atoms with E-state index in [1.54, 1.807) is 25.1 Å². The van der Waals surface area contributed by atoms with E-state index in [4.69, 9.17) is 14.6 Å². The molecule has 0 atom stereocenters. The van der Waals surface area contributed by atoms with Gasteiger partial charge in [0.1, 0.15) is 17.2 Å². The number of aromatic carboxylic acids is 1. The lowest BCUT2D eigenvalue weighted by atomic mass is 10.2. The minimum atomic E-state index is -1.08. The molecule has 132 valence electrons. The van der Waals surface area contributed by atoms with E-state index in [1.807, 2.05) is 13.8 Å². The van der Waals surface area contributed by atoms with E-state index in [1.165, 1.54) is 19.2 Å². The van der Waals surface area contributed by atoms with Crippen LogP contribution >= 0.6 is 0 Å². The van der Waals surface area contributed by atoms with Gasteiger partial charge in [0.25, 0.3) is 5.91 Å². The molecule has 1 aromatic heterocycles. The minimum Gasteiger partial charge on any atom is -0.494 e. The summed E-state index contributed by atoms with van der Waals surface area (Å²) in [5.74, 6) is -0.467. The van der Waals surface area contributed by atoms with Crippen LogP contribution in [0.15, 0.2) is 30.3 Å². The Balaban J connectivity index is 2.22. The van der Waals surface area contributed by atoms with Crippen LogP contribution in [0, 0.1) is 6.92 Å². The number of anilines is 1. The number of methoxy groups -OCH3 is 1. The number of aryl methyl sites for hydroxylation is 1. The zero-order valence-electron chi connectivity index (χ0n) is 14.5. The highest BCUT2D eigenvalue weighted by molar-refractivity contribution is 6.04. The Labute approximate surface area is 145 Å². The van der Waals surface area contributed by atoms with Crippen molar-refractivity contribution in [3.63, 3.8) is 0 Å². The smallest absolute Gasteiger partial charge is 0.337 e. The topological polar surface area (TPSA) is 97.8 Å². The van der Waals surface area contributed by atoms with Crippen molar-refractivity contribution in [1.82, 2.24) is 4.98 Å². The molecule has 7 heteroatoms. The van der Waals surface area contributed by atoms with Crippen LogP contribution in [-0.4, -0.2) is 35.2 Å². The first kappa shape index (κ1) is 18.3. The maximum absolute atomic E-state index is 12.4. The van der Waals surface area contributed by atoms with Gasteiger partial charge in [-0.15, -0.1) is 0 Å². The Morgan fingerprint density at radius 1 is 1.20 bits per heavy atom. The molecule has 0 radical (unpaired) electrons. The number of nitrogens with zero attached hydrogens (tertiary/aromatic N) is 1. The maximum atomic E-state index is 12.4. The Morgan fingerprint density at radius 3 is 2.48 bits per heavy atom. The number of aromatic nitrogens is 1. The molecule has 0 aliphatic heterocycles. The molecule has 1 heterocycles. The average molecular weight is 344 g/mol. The quantitative estimate of drug-likeness (QED) is 0.835. The molecule has 2 aromatic rings. The molecule has 0 bridgehead atoms. The van der Waals surface area contributed by atoms with E-state index in [-0.39, 0.29) is 23.1 Å². The summed E-state index contributed by atoms with van der Waals surface area (Å²) in [5, 5.41) is 11.7. The van der Waals surface area contributed by atoms with Gasteiger partial charge in [-0.1, -0.05) is 0 Å². The van der Waals surface area contributed by atoms with Crippen molar-refractivity contribution in [3.8, 4) is 11.5 Å². The molecule has 7 nitrogen and oxygen atoms in total. The number of carboxylic acid groups (broad SMARTS) is 1. The Kier molecular flexibility index (Phi) is 5.59. The molecule has 2 N–H and O–H groups in total. The molecule has 2 rings (SSSR count). The molecular weight excluding hydrogens is 324 g/mol. The first-order valence-corrected chi connectivity index (χ1v) is 7.68. The highest BCUT2D eigenvalue weighted by Gasteiger charge is 2.15. The lowest BCUT2D eigenvalue weighted by Crippen LogP contribution is -2.16. The predicted molar refractivity (Wildman–Crippen MR) is 92.6 cm³/mol. The molecule has 0 spiro atoms. The molecule has 0 saturated heterocycles. The largest absolute Gasteiger partial charge is 0.494 e. The molecule has 0 unspecified atom stereocenters. The lowest BCUT2D eigenvalue weighted by molar-refractivity contribution is 0.0695. The number of carbonyl (C=O) groups excluding carboxylic acids is 1. The number of nitrogens with one attached hydrogen (secondary N) is 1. The van der Waals surface area contributed by atoms with E-state index in [0.29, 0.717) is 17.2 Å². The molecule has 25 heavy (non-hydrogen) atoms. The molecule has 1 aromatic carbocycles. The van der Waals surface area contributed by atoms with Gasteiger partial charge < -0.3 is 19.9 Å². The standard InChI is InChI=1S/C18H20N2O5/c1-10(2)25-12-5-7-14(16(9-12)24-4)20-17(21)15-8-6-13(18(22)23)11(3)19-15/h5-10H,1-4H3,(H,20,21)(H,22,23). The van der Waals surface area contributed by atoms with Crippen LogP contribution in [0.25, 0.3) is 0 Å². The Bertz CT molecular complexity index is 802. The van der Waals surface area contributed by atoms with E-state index >= 15 is 0 Å². The van der Waals surface area contributed by atoms with Crippen molar-refractivity contribution in [3.05, 3.63) is 47.3 Å². The number of amides is 1. The van der Waals surface area contributed by atoms with Gasteiger partial charge in [0.15, 0.2) is 0 Å². The van der Waals surface area contributed by atoms with Gasteiger partial charge in [0.05, 0.1) is 30.2 Å². The Hall–Kier alpha value is -3.09. The highest BCUT2D eigenvalue weighted by Crippen LogP contribution is 2.30. The average Bonchev–Trinajstić information content (AvgIpc) is 2.55. The zero-order chi connectivity index (χ0) is 18.6. The normalized spacial score (nSPS) is 10.4. The number of carbonyl (C=O) groups is 2. The van der Waals surface area contributed by atoms with E-state index in [9.17, 15) is 9.59 Å². The summed E-state index contributed by atoms with van der Waals surface area (Å²) in [6, 6.07) is 7.81. The Morgan fingerprint density at radius 2 is 1.92 bits per heavy atom. The molecule has 1 amide bonds. The van der Waals surface area contributed by atoms with Crippen LogP contribution in [0.2, 0.25) is 0 Å². The summed E-state index contributed by atoms with van der Waals surface area (Å²) in [4.78, 5) is 27.4. The number of rotatable bonds is 6. The minimum absolute atomic E-state index is 0.0186. The van der Waals surface area contributed by atoms with E-state index in [2.05, 4.69) is 10.3 Å². The summed E-state index contributed by atoms with van der Waals surface area (Å²) in [6.07, 6.45) is 0.0186. The SMILES string of the molecule is COc1cc(OC(C)C)ccc1NC(=O)c1ccc(C(=O)O)c(C)n1. The van der Waals surface area contributed by atoms with Crippen molar-refractivity contribution in [2.24, 2.45) is 0 Å². The lowest BCUT2D eigenvalue weighted by Gasteiger charge is -2.14.